The summed E-state index contributed by atoms with van der Waals surface area (Å²) in [5.41, 5.74) is 0.375. The molecular weight excluding hydrogens is 433 g/mol. The van der Waals surface area contributed by atoms with Gasteiger partial charge in [-0.1, -0.05) is 26.8 Å². The lowest BCUT2D eigenvalue weighted by Gasteiger charge is -2.50. The van der Waals surface area contributed by atoms with E-state index in [4.69, 9.17) is 0 Å². The summed E-state index contributed by atoms with van der Waals surface area (Å²) >= 11 is 0. The quantitative estimate of drug-likeness (QED) is 0.686. The van der Waals surface area contributed by atoms with Crippen molar-refractivity contribution in [3.63, 3.8) is 0 Å². The number of likely N-dealkylation sites (tertiary alicyclic amines) is 1. The Morgan fingerprint density at radius 3 is 2.18 bits per heavy atom. The molecule has 184 valence electrons. The lowest BCUT2D eigenvalue weighted by atomic mass is 9.81. The molecule has 0 unspecified atom stereocenters. The molecule has 0 bridgehead atoms. The van der Waals surface area contributed by atoms with Crippen LogP contribution >= 0.6 is 0 Å². The first-order valence-corrected chi connectivity index (χ1v) is 12.0. The summed E-state index contributed by atoms with van der Waals surface area (Å²) in [6, 6.07) is 8.34. The third kappa shape index (κ3) is 4.09. The first kappa shape index (κ1) is 24.6. The first-order valence-electron chi connectivity index (χ1n) is 12.0. The second-order valence-corrected chi connectivity index (χ2v) is 11.3. The Bertz CT molecular complexity index is 1120. The SMILES string of the molecule is CN1CCn2c(C(=O)C(C)(C)C)ccc2C12CCN(C(=O)c1ccc(C(C)(C)O)c(F)c1)CC2. The number of piperidine rings is 1. The lowest BCUT2D eigenvalue weighted by Crippen LogP contribution is -2.56. The molecule has 34 heavy (non-hydrogen) atoms. The maximum absolute atomic E-state index is 14.6. The Labute approximate surface area is 201 Å². The summed E-state index contributed by atoms with van der Waals surface area (Å²) in [5, 5.41) is 10.1. The minimum Gasteiger partial charge on any atom is -0.386 e. The molecule has 7 heteroatoms. The van der Waals surface area contributed by atoms with Crippen LogP contribution in [-0.2, 0) is 17.7 Å². The van der Waals surface area contributed by atoms with Crippen LogP contribution in [0.1, 0.15) is 79.6 Å². The standard InChI is InChI=1S/C27H36FN3O3/c1-25(2,3)23(32)21-9-10-22-27(29(6)15-16-31(21)22)11-13-30(14-12-27)24(33)18-7-8-19(20(28)17-18)26(4,5)34/h7-10,17,34H,11-16H2,1-6H3. The van der Waals surface area contributed by atoms with Crippen LogP contribution in [0, 0.1) is 11.2 Å². The van der Waals surface area contributed by atoms with Crippen molar-refractivity contribution in [2.45, 2.75) is 65.1 Å². The van der Waals surface area contributed by atoms with Gasteiger partial charge < -0.3 is 14.6 Å². The van der Waals surface area contributed by atoms with E-state index in [-0.39, 0.29) is 22.8 Å². The van der Waals surface area contributed by atoms with Gasteiger partial charge in [0, 0.05) is 48.4 Å². The van der Waals surface area contributed by atoms with Gasteiger partial charge in [-0.25, -0.2) is 4.39 Å². The van der Waals surface area contributed by atoms with Crippen molar-refractivity contribution in [1.29, 1.82) is 0 Å². The predicted octanol–water partition coefficient (Wildman–Crippen LogP) is 4.16. The zero-order chi connectivity index (χ0) is 25.1. The van der Waals surface area contributed by atoms with Crippen LogP contribution < -0.4 is 0 Å². The number of hydrogen-bond donors (Lipinski definition) is 1. The van der Waals surface area contributed by atoms with Gasteiger partial charge in [-0.15, -0.1) is 0 Å². The molecule has 4 rings (SSSR count). The van der Waals surface area contributed by atoms with E-state index in [1.54, 1.807) is 11.0 Å². The average molecular weight is 470 g/mol. The van der Waals surface area contributed by atoms with Gasteiger partial charge in [0.05, 0.1) is 16.8 Å². The van der Waals surface area contributed by atoms with E-state index in [1.807, 2.05) is 26.8 Å². The van der Waals surface area contributed by atoms with Gasteiger partial charge in [0.2, 0.25) is 0 Å². The first-order chi connectivity index (χ1) is 15.8. The van der Waals surface area contributed by atoms with Crippen LogP contribution in [0.4, 0.5) is 4.39 Å². The molecule has 1 aromatic carbocycles. The molecule has 1 spiro atoms. The molecule has 0 saturated carbocycles. The second kappa shape index (κ2) is 8.31. The molecule has 2 aromatic rings. The maximum Gasteiger partial charge on any atom is 0.253 e. The minimum atomic E-state index is -1.31. The number of Topliss-reactive ketones (excluding diaryl/α,β-unsaturated/α-hetero) is 1. The summed E-state index contributed by atoms with van der Waals surface area (Å²) in [6.45, 7) is 11.6. The van der Waals surface area contributed by atoms with Gasteiger partial charge in [0.25, 0.3) is 5.91 Å². The highest BCUT2D eigenvalue weighted by Crippen LogP contribution is 2.42. The highest BCUT2D eigenvalue weighted by Gasteiger charge is 2.45. The minimum absolute atomic E-state index is 0.141. The largest absolute Gasteiger partial charge is 0.386 e. The van der Waals surface area contributed by atoms with Crippen molar-refractivity contribution >= 4 is 11.7 Å². The van der Waals surface area contributed by atoms with E-state index in [9.17, 15) is 19.1 Å². The third-order valence-electron chi connectivity index (χ3n) is 7.51. The van der Waals surface area contributed by atoms with Crippen LogP contribution in [0.25, 0.3) is 0 Å². The molecule has 1 aromatic heterocycles. The number of carbonyl (C=O) groups excluding carboxylic acids is 2. The molecule has 0 aliphatic carbocycles. The molecule has 2 aliphatic heterocycles. The smallest absolute Gasteiger partial charge is 0.253 e. The van der Waals surface area contributed by atoms with Crippen LogP contribution in [0.5, 0.6) is 0 Å². The van der Waals surface area contributed by atoms with Crippen LogP contribution in [0.2, 0.25) is 0 Å². The van der Waals surface area contributed by atoms with Crippen molar-refractivity contribution in [3.8, 4) is 0 Å². The Kier molecular flexibility index (Phi) is 6.01. The van der Waals surface area contributed by atoms with E-state index in [1.165, 1.54) is 26.0 Å². The molecule has 0 atom stereocenters. The van der Waals surface area contributed by atoms with Gasteiger partial charge in [0.1, 0.15) is 5.82 Å². The molecule has 3 heterocycles. The summed E-state index contributed by atoms with van der Waals surface area (Å²) < 4.78 is 16.7. The molecular formula is C27H36FN3O3. The van der Waals surface area contributed by atoms with Gasteiger partial charge >= 0.3 is 0 Å². The van der Waals surface area contributed by atoms with Crippen molar-refractivity contribution in [1.82, 2.24) is 14.4 Å². The molecule has 6 nitrogen and oxygen atoms in total. The van der Waals surface area contributed by atoms with Gasteiger partial charge in [0.15, 0.2) is 5.78 Å². The van der Waals surface area contributed by atoms with Crippen LogP contribution in [-0.4, -0.2) is 57.8 Å². The third-order valence-corrected chi connectivity index (χ3v) is 7.51. The number of aromatic nitrogens is 1. The second-order valence-electron chi connectivity index (χ2n) is 11.3. The predicted molar refractivity (Wildman–Crippen MR) is 129 cm³/mol. The molecule has 1 fully saturated rings. The number of likely N-dealkylation sites (N-methyl/N-ethyl adjacent to an activating group) is 1. The fraction of sp³-hybridized carbons (Fsp3) is 0.556. The van der Waals surface area contributed by atoms with E-state index < -0.39 is 16.8 Å². The number of ketones is 1. The fourth-order valence-corrected chi connectivity index (χ4v) is 5.40. The van der Waals surface area contributed by atoms with Crippen LogP contribution in [0.3, 0.4) is 0 Å². The van der Waals surface area contributed by atoms with Gasteiger partial charge in [-0.2, -0.15) is 0 Å². The summed E-state index contributed by atoms with van der Waals surface area (Å²) in [5.74, 6) is -0.635. The number of aliphatic hydroxyl groups is 1. The number of rotatable bonds is 3. The number of amides is 1. The Morgan fingerprint density at radius 2 is 1.62 bits per heavy atom. The zero-order valence-corrected chi connectivity index (χ0v) is 21.1. The number of nitrogens with zero attached hydrogens (tertiary/aromatic N) is 3. The topological polar surface area (TPSA) is 65.8 Å². The Hall–Kier alpha value is -2.51. The lowest BCUT2D eigenvalue weighted by molar-refractivity contribution is 0.0126. The normalized spacial score (nSPS) is 18.8. The Morgan fingerprint density at radius 1 is 0.971 bits per heavy atom. The molecule has 1 saturated heterocycles. The van der Waals surface area contributed by atoms with Crippen molar-refractivity contribution in [3.05, 3.63) is 58.7 Å². The number of fused-ring (bicyclic) bond motifs is 2. The number of halogens is 1. The van der Waals surface area contributed by atoms with E-state index in [0.717, 1.165) is 37.3 Å². The average Bonchev–Trinajstić information content (AvgIpc) is 3.19. The number of benzene rings is 1. The maximum atomic E-state index is 14.6. The number of hydrogen-bond acceptors (Lipinski definition) is 4. The van der Waals surface area contributed by atoms with Crippen molar-refractivity contribution in [2.24, 2.45) is 5.41 Å². The summed E-state index contributed by atoms with van der Waals surface area (Å²) in [4.78, 5) is 30.3. The highest BCUT2D eigenvalue weighted by atomic mass is 19.1. The zero-order valence-electron chi connectivity index (χ0n) is 21.1. The van der Waals surface area contributed by atoms with Gasteiger partial charge in [-0.3, -0.25) is 14.5 Å². The van der Waals surface area contributed by atoms with E-state index >= 15 is 0 Å². The molecule has 1 amide bonds. The highest BCUT2D eigenvalue weighted by molar-refractivity contribution is 5.98. The van der Waals surface area contributed by atoms with E-state index in [2.05, 4.69) is 22.6 Å². The number of carbonyl (C=O) groups is 2. The fourth-order valence-electron chi connectivity index (χ4n) is 5.40. The van der Waals surface area contributed by atoms with Crippen molar-refractivity contribution in [2.75, 3.05) is 26.7 Å². The molecule has 2 aliphatic rings. The molecule has 0 radical (unpaired) electrons. The monoisotopic (exact) mass is 469 g/mol. The van der Waals surface area contributed by atoms with E-state index in [0.29, 0.717) is 18.7 Å². The summed E-state index contributed by atoms with van der Waals surface area (Å²) in [6.07, 6.45) is 1.49. The molecule has 1 N–H and O–H groups in total. The summed E-state index contributed by atoms with van der Waals surface area (Å²) in [7, 11) is 2.12. The van der Waals surface area contributed by atoms with Crippen molar-refractivity contribution < 1.29 is 19.1 Å². The van der Waals surface area contributed by atoms with Gasteiger partial charge in [-0.05, 0) is 58.0 Å². The van der Waals surface area contributed by atoms with Crippen LogP contribution in [0.15, 0.2) is 30.3 Å². The Balaban J connectivity index is 1.56.